The van der Waals surface area contributed by atoms with Gasteiger partial charge in [-0.05, 0) is 29.8 Å². The van der Waals surface area contributed by atoms with Crippen molar-refractivity contribution in [3.05, 3.63) is 65.2 Å². The first kappa shape index (κ1) is 31.2. The number of fused-ring (bicyclic) bond motifs is 2. The van der Waals surface area contributed by atoms with E-state index in [-0.39, 0.29) is 34.3 Å². The second-order valence-corrected chi connectivity index (χ2v) is 10.8. The van der Waals surface area contributed by atoms with Gasteiger partial charge < -0.3 is 69.6 Å². The van der Waals surface area contributed by atoms with Gasteiger partial charge in [0.15, 0.2) is 53.5 Å². The molecule has 0 amide bonds. The van der Waals surface area contributed by atoms with E-state index in [0.717, 1.165) is 12.1 Å². The van der Waals surface area contributed by atoms with Crippen molar-refractivity contribution in [2.75, 3.05) is 6.61 Å². The number of hydrogen-bond donors (Lipinski definition) is 9. The summed E-state index contributed by atoms with van der Waals surface area (Å²) in [5.74, 6) is -4.22. The molecule has 0 spiro atoms. The third kappa shape index (κ3) is 5.36. The molecule has 244 valence electrons. The highest BCUT2D eigenvalue weighted by Gasteiger charge is 2.48. The van der Waals surface area contributed by atoms with Crippen molar-refractivity contribution in [2.24, 2.45) is 0 Å². The zero-order valence-corrected chi connectivity index (χ0v) is 23.4. The Morgan fingerprint density at radius 3 is 2.13 bits per heavy atom. The molecule has 0 aliphatic carbocycles. The van der Waals surface area contributed by atoms with Gasteiger partial charge in [-0.3, -0.25) is 4.79 Å². The minimum absolute atomic E-state index is 0.130. The molecule has 3 aromatic rings. The van der Waals surface area contributed by atoms with Crippen LogP contribution in [0.2, 0.25) is 0 Å². The van der Waals surface area contributed by atoms with E-state index in [1.54, 1.807) is 0 Å². The lowest BCUT2D eigenvalue weighted by Gasteiger charge is -2.38. The molecule has 9 N–H and O–H groups in total. The molecule has 1 fully saturated rings. The fourth-order valence-corrected chi connectivity index (χ4v) is 5.47. The summed E-state index contributed by atoms with van der Waals surface area (Å²) in [6.07, 6.45) is -14.6. The average Bonchev–Trinajstić information content (AvgIpc) is 3.03. The molecule has 6 rings (SSSR count). The molecule has 9 unspecified atom stereocenters. The molecule has 3 aromatic carbocycles. The van der Waals surface area contributed by atoms with Crippen molar-refractivity contribution in [3.63, 3.8) is 0 Å². The molecule has 3 aliphatic rings. The first-order chi connectivity index (χ1) is 21.9. The van der Waals surface area contributed by atoms with E-state index in [0.29, 0.717) is 5.56 Å². The Morgan fingerprint density at radius 1 is 0.739 bits per heavy atom. The van der Waals surface area contributed by atoms with Crippen molar-refractivity contribution in [2.45, 2.75) is 55.1 Å². The van der Waals surface area contributed by atoms with Gasteiger partial charge in [-0.15, -0.1) is 0 Å². The number of phenols is 3. The second kappa shape index (κ2) is 11.8. The highest BCUT2D eigenvalue weighted by atomic mass is 16.7. The number of aliphatic hydroxyl groups is 5. The summed E-state index contributed by atoms with van der Waals surface area (Å²) in [7, 11) is 0. The van der Waals surface area contributed by atoms with Crippen molar-refractivity contribution >= 4 is 11.8 Å². The second-order valence-electron chi connectivity index (χ2n) is 10.8. The number of aromatic hydroxyl groups is 3. The molecule has 0 radical (unpaired) electrons. The maximum absolute atomic E-state index is 13.2. The summed E-state index contributed by atoms with van der Waals surface area (Å²) in [6.45, 7) is -0.462. The molecule has 0 bridgehead atoms. The van der Waals surface area contributed by atoms with Gasteiger partial charge in [0.25, 0.3) is 0 Å². The first-order valence-electron chi connectivity index (χ1n) is 13.8. The van der Waals surface area contributed by atoms with Crippen LogP contribution in [0, 0.1) is 0 Å². The zero-order chi connectivity index (χ0) is 33.0. The maximum Gasteiger partial charge on any atom is 0.335 e. The van der Waals surface area contributed by atoms with Gasteiger partial charge in [0.05, 0.1) is 6.61 Å². The standard InChI is InChI=1S/C30H28O16/c31-9-19-26(10-1-3-13(32)14(33)5-10)44-17-6-11(2-4-16(17)43-19)27-23(37)21(35)20-15(34)7-12(8-18(20)45-27)42-30-25(39)22(36)24(38)28(46-30)29(40)41/h1-8,19,22-28,30-34,36-39H,9H2,(H,40,41). The number of carbonyl (C=O) groups is 2. The normalized spacial score (nSPS) is 30.2. The van der Waals surface area contributed by atoms with Crippen molar-refractivity contribution in [3.8, 4) is 40.2 Å². The van der Waals surface area contributed by atoms with E-state index in [2.05, 4.69) is 0 Å². The molecule has 16 heteroatoms. The first-order valence-corrected chi connectivity index (χ1v) is 13.8. The Labute approximate surface area is 258 Å². The quantitative estimate of drug-likeness (QED) is 0.155. The third-order valence-corrected chi connectivity index (χ3v) is 7.85. The minimum Gasteiger partial charge on any atom is -0.507 e. The Morgan fingerprint density at radius 2 is 1.43 bits per heavy atom. The number of carbonyl (C=O) groups excluding carboxylic acids is 1. The summed E-state index contributed by atoms with van der Waals surface area (Å²) in [5.41, 5.74) is 0.202. The molecule has 0 aromatic heterocycles. The highest BCUT2D eigenvalue weighted by Crippen LogP contribution is 2.46. The van der Waals surface area contributed by atoms with Crippen LogP contribution < -0.4 is 18.9 Å². The van der Waals surface area contributed by atoms with Crippen LogP contribution in [-0.4, -0.2) is 107 Å². The smallest absolute Gasteiger partial charge is 0.335 e. The van der Waals surface area contributed by atoms with Crippen LogP contribution in [-0.2, 0) is 9.53 Å². The van der Waals surface area contributed by atoms with Gasteiger partial charge in [-0.25, -0.2) is 4.79 Å². The largest absolute Gasteiger partial charge is 0.507 e. The number of carboxylic acid groups (broad SMARTS) is 1. The number of phenolic OH excluding ortho intramolecular Hbond substituents is 3. The fourth-order valence-electron chi connectivity index (χ4n) is 5.47. The lowest BCUT2D eigenvalue weighted by molar-refractivity contribution is -0.271. The predicted molar refractivity (Wildman–Crippen MR) is 148 cm³/mol. The van der Waals surface area contributed by atoms with Crippen molar-refractivity contribution in [1.82, 2.24) is 0 Å². The number of carboxylic acids is 1. The summed E-state index contributed by atoms with van der Waals surface area (Å²) < 4.78 is 28.4. The number of aliphatic hydroxyl groups excluding tert-OH is 5. The van der Waals surface area contributed by atoms with Crippen LogP contribution in [0.4, 0.5) is 0 Å². The predicted octanol–water partition coefficient (Wildman–Crippen LogP) is -0.375. The summed E-state index contributed by atoms with van der Waals surface area (Å²) >= 11 is 0. The Bertz CT molecular complexity index is 1670. The molecule has 16 nitrogen and oxygen atoms in total. The molecule has 3 aliphatic heterocycles. The van der Waals surface area contributed by atoms with Gasteiger partial charge >= 0.3 is 5.97 Å². The molecular formula is C30H28O16. The number of hydrogen-bond acceptors (Lipinski definition) is 15. The number of benzene rings is 3. The Hall–Kier alpha value is -4.84. The number of ketones is 1. The molecule has 3 heterocycles. The van der Waals surface area contributed by atoms with Crippen LogP contribution in [0.25, 0.3) is 0 Å². The van der Waals surface area contributed by atoms with E-state index in [4.69, 9.17) is 23.7 Å². The van der Waals surface area contributed by atoms with Crippen LogP contribution in [0.1, 0.15) is 33.7 Å². The number of ether oxygens (including phenoxy) is 5. The van der Waals surface area contributed by atoms with Gasteiger partial charge in [0.2, 0.25) is 12.1 Å². The van der Waals surface area contributed by atoms with Crippen molar-refractivity contribution in [1.29, 1.82) is 0 Å². The monoisotopic (exact) mass is 644 g/mol. The Balaban J connectivity index is 1.28. The van der Waals surface area contributed by atoms with E-state index < -0.39 is 90.5 Å². The molecule has 1 saturated heterocycles. The topological polar surface area (TPSA) is 262 Å². The van der Waals surface area contributed by atoms with Gasteiger partial charge in [-0.2, -0.15) is 0 Å². The average molecular weight is 645 g/mol. The Kier molecular flexibility index (Phi) is 8.01. The van der Waals surface area contributed by atoms with Gasteiger partial charge in [0.1, 0.15) is 41.1 Å². The maximum atomic E-state index is 13.2. The van der Waals surface area contributed by atoms with E-state index in [1.807, 2.05) is 0 Å². The fraction of sp³-hybridized carbons (Fsp3) is 0.333. The third-order valence-electron chi connectivity index (χ3n) is 7.85. The van der Waals surface area contributed by atoms with Crippen LogP contribution in [0.5, 0.6) is 40.2 Å². The van der Waals surface area contributed by atoms with Crippen LogP contribution in [0.15, 0.2) is 48.5 Å². The lowest BCUT2D eigenvalue weighted by Crippen LogP contribution is -2.61. The van der Waals surface area contributed by atoms with Gasteiger partial charge in [0, 0.05) is 17.7 Å². The number of Topliss-reactive ketones (excluding diaryl/α,β-unsaturated/α-hetero) is 1. The molecule has 46 heavy (non-hydrogen) atoms. The van der Waals surface area contributed by atoms with E-state index >= 15 is 0 Å². The van der Waals surface area contributed by atoms with Crippen molar-refractivity contribution < 1.29 is 79.2 Å². The number of aliphatic carboxylic acids is 1. The minimum atomic E-state index is -1.96. The number of rotatable bonds is 6. The van der Waals surface area contributed by atoms with Crippen LogP contribution in [0.3, 0.4) is 0 Å². The summed E-state index contributed by atoms with van der Waals surface area (Å²) in [4.78, 5) is 24.6. The molecular weight excluding hydrogens is 616 g/mol. The van der Waals surface area contributed by atoms with Crippen LogP contribution >= 0.6 is 0 Å². The molecule has 0 saturated carbocycles. The van der Waals surface area contributed by atoms with E-state index in [9.17, 15) is 55.5 Å². The SMILES string of the molecule is O=C1c2c(O)cc(OC3OC(C(=O)O)C(O)C(O)C3O)cc2OC(c2ccc3c(c2)OC(c2ccc(O)c(O)c2)C(CO)O3)C1O. The lowest BCUT2D eigenvalue weighted by atomic mass is 9.92. The van der Waals surface area contributed by atoms with E-state index in [1.165, 1.54) is 36.4 Å². The molecule has 9 atom stereocenters. The summed E-state index contributed by atoms with van der Waals surface area (Å²) in [5, 5.41) is 90.6. The van der Waals surface area contributed by atoms with Gasteiger partial charge in [-0.1, -0.05) is 12.1 Å². The summed E-state index contributed by atoms with van der Waals surface area (Å²) in [6, 6.07) is 10.4. The zero-order valence-electron chi connectivity index (χ0n) is 23.4. The highest BCUT2D eigenvalue weighted by molar-refractivity contribution is 6.05.